The van der Waals surface area contributed by atoms with Crippen molar-refractivity contribution in [2.75, 3.05) is 0 Å². The average Bonchev–Trinajstić information content (AvgIpc) is 2.78. The molecule has 0 radical (unpaired) electrons. The highest BCUT2D eigenvalue weighted by Crippen LogP contribution is 2.19. The first-order valence-electron chi connectivity index (χ1n) is 5.87. The highest BCUT2D eigenvalue weighted by molar-refractivity contribution is 5.80. The van der Waals surface area contributed by atoms with Crippen molar-refractivity contribution in [3.05, 3.63) is 34.4 Å². The molecule has 2 aromatic rings. The van der Waals surface area contributed by atoms with Crippen LogP contribution < -0.4 is 10.3 Å². The molecule has 1 aromatic heterocycles. The summed E-state index contributed by atoms with van der Waals surface area (Å²) in [4.78, 5) is 27.6. The van der Waals surface area contributed by atoms with Crippen molar-refractivity contribution < 1.29 is 9.53 Å². The molecule has 0 amide bonds. The fraction of sp³-hybridized carbons (Fsp3) is 0.308. The molecule has 0 saturated heterocycles. The van der Waals surface area contributed by atoms with Crippen molar-refractivity contribution in [2.24, 2.45) is 0 Å². The first-order chi connectivity index (χ1) is 8.65. The molecule has 5 nitrogen and oxygen atoms in total. The molecule has 0 unspecified atom stereocenters. The number of fused-ring (bicyclic) bond motifs is 2. The fourth-order valence-corrected chi connectivity index (χ4v) is 2.29. The standard InChI is InChI=1S/C13H12N2O3/c1-8(16)18-9-4-5-11-10(7-9)13(17)15-6-2-3-12(15)14-11/h4-5,7H,2-3,6H2,1H3. The van der Waals surface area contributed by atoms with Crippen molar-refractivity contribution in [1.82, 2.24) is 9.55 Å². The molecule has 0 aliphatic carbocycles. The first kappa shape index (κ1) is 11.0. The second-order valence-corrected chi connectivity index (χ2v) is 4.36. The summed E-state index contributed by atoms with van der Waals surface area (Å²) in [5, 5.41) is 0.499. The number of hydrogen-bond acceptors (Lipinski definition) is 4. The van der Waals surface area contributed by atoms with Gasteiger partial charge in [0.2, 0.25) is 0 Å². The van der Waals surface area contributed by atoms with Gasteiger partial charge in [0.1, 0.15) is 11.6 Å². The van der Waals surface area contributed by atoms with E-state index in [-0.39, 0.29) is 5.56 Å². The zero-order chi connectivity index (χ0) is 12.7. The molecule has 5 heteroatoms. The fourth-order valence-electron chi connectivity index (χ4n) is 2.29. The van der Waals surface area contributed by atoms with Crippen LogP contribution in [0.25, 0.3) is 10.9 Å². The number of aryl methyl sites for hydroxylation is 1. The molecule has 0 spiro atoms. The van der Waals surface area contributed by atoms with E-state index in [9.17, 15) is 9.59 Å². The number of carbonyl (C=O) groups is 1. The monoisotopic (exact) mass is 244 g/mol. The Morgan fingerprint density at radius 2 is 2.28 bits per heavy atom. The molecule has 1 aliphatic rings. The van der Waals surface area contributed by atoms with Crippen LogP contribution in [0.5, 0.6) is 5.75 Å². The van der Waals surface area contributed by atoms with Gasteiger partial charge >= 0.3 is 5.97 Å². The topological polar surface area (TPSA) is 61.2 Å². The van der Waals surface area contributed by atoms with Gasteiger partial charge in [-0.1, -0.05) is 0 Å². The maximum absolute atomic E-state index is 12.2. The minimum atomic E-state index is -0.399. The van der Waals surface area contributed by atoms with Crippen molar-refractivity contribution in [3.8, 4) is 5.75 Å². The van der Waals surface area contributed by atoms with Gasteiger partial charge < -0.3 is 4.74 Å². The summed E-state index contributed by atoms with van der Waals surface area (Å²) in [6.07, 6.45) is 1.80. The lowest BCUT2D eigenvalue weighted by atomic mass is 10.2. The van der Waals surface area contributed by atoms with Crippen LogP contribution >= 0.6 is 0 Å². The molecule has 18 heavy (non-hydrogen) atoms. The first-order valence-corrected chi connectivity index (χ1v) is 5.87. The minimum Gasteiger partial charge on any atom is -0.427 e. The Balaban J connectivity index is 2.22. The van der Waals surface area contributed by atoms with Crippen LogP contribution in [0.2, 0.25) is 0 Å². The third-order valence-corrected chi connectivity index (χ3v) is 3.05. The number of nitrogens with zero attached hydrogens (tertiary/aromatic N) is 2. The molecule has 1 aromatic carbocycles. The molecule has 0 N–H and O–H groups in total. The van der Waals surface area contributed by atoms with Crippen LogP contribution in [0.3, 0.4) is 0 Å². The molecule has 0 bridgehead atoms. The minimum absolute atomic E-state index is 0.0542. The van der Waals surface area contributed by atoms with E-state index < -0.39 is 5.97 Å². The molecule has 0 saturated carbocycles. The lowest BCUT2D eigenvalue weighted by molar-refractivity contribution is -0.131. The Labute approximate surface area is 103 Å². The van der Waals surface area contributed by atoms with Crippen molar-refractivity contribution >= 4 is 16.9 Å². The summed E-state index contributed by atoms with van der Waals surface area (Å²) < 4.78 is 6.68. The van der Waals surface area contributed by atoms with Crippen LogP contribution in [0.1, 0.15) is 19.2 Å². The van der Waals surface area contributed by atoms with Gasteiger partial charge in [0.15, 0.2) is 0 Å². The van der Waals surface area contributed by atoms with E-state index in [1.54, 1.807) is 22.8 Å². The summed E-state index contributed by atoms with van der Waals surface area (Å²) in [7, 11) is 0. The van der Waals surface area contributed by atoms with Crippen molar-refractivity contribution in [3.63, 3.8) is 0 Å². The van der Waals surface area contributed by atoms with E-state index in [1.165, 1.54) is 6.92 Å². The molecule has 0 fully saturated rings. The second kappa shape index (κ2) is 3.94. The summed E-state index contributed by atoms with van der Waals surface area (Å²) >= 11 is 0. The van der Waals surface area contributed by atoms with Gasteiger partial charge in [-0.25, -0.2) is 4.98 Å². The number of carbonyl (C=O) groups excluding carboxylic acids is 1. The highest BCUT2D eigenvalue weighted by atomic mass is 16.5. The number of esters is 1. The van der Waals surface area contributed by atoms with Crippen LogP contribution in [0.15, 0.2) is 23.0 Å². The summed E-state index contributed by atoms with van der Waals surface area (Å²) in [5.41, 5.74) is 0.602. The number of rotatable bonds is 1. The van der Waals surface area contributed by atoms with E-state index in [0.29, 0.717) is 16.7 Å². The summed E-state index contributed by atoms with van der Waals surface area (Å²) in [6.45, 7) is 2.05. The molecular formula is C13H12N2O3. The highest BCUT2D eigenvalue weighted by Gasteiger charge is 2.16. The lowest BCUT2D eigenvalue weighted by Gasteiger charge is -2.06. The Hall–Kier alpha value is -2.17. The van der Waals surface area contributed by atoms with Gasteiger partial charge in [0, 0.05) is 19.9 Å². The van der Waals surface area contributed by atoms with Gasteiger partial charge in [0.05, 0.1) is 10.9 Å². The number of ether oxygens (including phenoxy) is 1. The Morgan fingerprint density at radius 1 is 1.44 bits per heavy atom. The SMILES string of the molecule is CC(=O)Oc1ccc2nc3n(c(=O)c2c1)CCC3. The molecule has 2 heterocycles. The average molecular weight is 244 g/mol. The smallest absolute Gasteiger partial charge is 0.308 e. The third kappa shape index (κ3) is 1.68. The molecular weight excluding hydrogens is 232 g/mol. The number of benzene rings is 1. The summed E-state index contributed by atoms with van der Waals surface area (Å²) in [6, 6.07) is 4.95. The zero-order valence-corrected chi connectivity index (χ0v) is 9.97. The molecule has 92 valence electrons. The zero-order valence-electron chi connectivity index (χ0n) is 9.97. The molecule has 3 rings (SSSR count). The quantitative estimate of drug-likeness (QED) is 0.560. The lowest BCUT2D eigenvalue weighted by Crippen LogP contribution is -2.20. The second-order valence-electron chi connectivity index (χ2n) is 4.36. The van der Waals surface area contributed by atoms with Crippen LogP contribution in [-0.4, -0.2) is 15.5 Å². The summed E-state index contributed by atoms with van der Waals surface area (Å²) in [5.74, 6) is 0.823. The number of aromatic nitrogens is 2. The van der Waals surface area contributed by atoms with E-state index in [2.05, 4.69) is 4.98 Å². The maximum Gasteiger partial charge on any atom is 0.308 e. The van der Waals surface area contributed by atoms with E-state index in [1.807, 2.05) is 0 Å². The molecule has 0 atom stereocenters. The predicted molar refractivity (Wildman–Crippen MR) is 65.6 cm³/mol. The maximum atomic E-state index is 12.2. The van der Waals surface area contributed by atoms with Gasteiger partial charge in [-0.3, -0.25) is 14.2 Å². The van der Waals surface area contributed by atoms with Crippen molar-refractivity contribution in [1.29, 1.82) is 0 Å². The Bertz CT molecular complexity index is 703. The Kier molecular flexibility index (Phi) is 2.40. The molecule has 1 aliphatic heterocycles. The van der Waals surface area contributed by atoms with Gasteiger partial charge in [-0.05, 0) is 24.6 Å². The van der Waals surface area contributed by atoms with Crippen LogP contribution in [-0.2, 0) is 17.8 Å². The normalized spacial score (nSPS) is 13.6. The predicted octanol–water partition coefficient (Wildman–Crippen LogP) is 1.27. The van der Waals surface area contributed by atoms with E-state index in [4.69, 9.17) is 4.74 Å². The van der Waals surface area contributed by atoms with Crippen LogP contribution in [0, 0.1) is 0 Å². The van der Waals surface area contributed by atoms with E-state index in [0.717, 1.165) is 25.2 Å². The number of hydrogen-bond donors (Lipinski definition) is 0. The van der Waals surface area contributed by atoms with Gasteiger partial charge in [-0.2, -0.15) is 0 Å². The van der Waals surface area contributed by atoms with E-state index >= 15 is 0 Å². The van der Waals surface area contributed by atoms with Crippen molar-refractivity contribution in [2.45, 2.75) is 26.3 Å². The van der Waals surface area contributed by atoms with Crippen LogP contribution in [0.4, 0.5) is 0 Å². The largest absolute Gasteiger partial charge is 0.427 e. The Morgan fingerprint density at radius 3 is 3.06 bits per heavy atom. The van der Waals surface area contributed by atoms with Gasteiger partial charge in [-0.15, -0.1) is 0 Å². The van der Waals surface area contributed by atoms with Gasteiger partial charge in [0.25, 0.3) is 5.56 Å². The third-order valence-electron chi connectivity index (χ3n) is 3.05.